The van der Waals surface area contributed by atoms with Gasteiger partial charge in [0.05, 0.1) is 10.6 Å². The van der Waals surface area contributed by atoms with E-state index in [2.05, 4.69) is 15.5 Å². The van der Waals surface area contributed by atoms with E-state index in [-0.39, 0.29) is 5.69 Å². The van der Waals surface area contributed by atoms with E-state index >= 15 is 0 Å². The number of hydrogen-bond donors (Lipinski definition) is 0. The van der Waals surface area contributed by atoms with Crippen LogP contribution in [0.15, 0.2) is 30.5 Å². The minimum Gasteiger partial charge on any atom is -0.383 e. The Morgan fingerprint density at radius 3 is 2.58 bits per heavy atom. The molecule has 0 spiro atoms. The van der Waals surface area contributed by atoms with Crippen molar-refractivity contribution in [2.75, 3.05) is 14.1 Å². The topological polar surface area (TPSA) is 90.0 Å². The zero-order valence-corrected chi connectivity index (χ0v) is 10.5. The van der Waals surface area contributed by atoms with E-state index in [0.29, 0.717) is 11.5 Å². The highest BCUT2D eigenvalue weighted by Crippen LogP contribution is 2.15. The number of nitro groups is 1. The summed E-state index contributed by atoms with van der Waals surface area (Å²) in [4.78, 5) is 12.0. The first-order valence-corrected chi connectivity index (χ1v) is 5.46. The molecule has 0 aliphatic heterocycles. The standard InChI is InChI=1S/C11H12N6O2/c1-15(2)8-7-11-12-13-14-16(11)9-3-5-10(6-4-9)17(18)19/h3-8H,1-2H3/b8-7+. The highest BCUT2D eigenvalue weighted by atomic mass is 16.6. The normalized spacial score (nSPS) is 10.8. The van der Waals surface area contributed by atoms with Gasteiger partial charge in [-0.1, -0.05) is 0 Å². The number of tetrazole rings is 1. The van der Waals surface area contributed by atoms with Crippen LogP contribution in [0.4, 0.5) is 5.69 Å². The summed E-state index contributed by atoms with van der Waals surface area (Å²) in [5.74, 6) is 0.544. The number of nitrogens with zero attached hydrogens (tertiary/aromatic N) is 6. The van der Waals surface area contributed by atoms with Gasteiger partial charge in [0.25, 0.3) is 5.69 Å². The zero-order chi connectivity index (χ0) is 13.8. The average molecular weight is 260 g/mol. The van der Waals surface area contributed by atoms with Gasteiger partial charge in [-0.05, 0) is 22.6 Å². The summed E-state index contributed by atoms with van der Waals surface area (Å²) in [6, 6.07) is 6.02. The summed E-state index contributed by atoms with van der Waals surface area (Å²) in [5.41, 5.74) is 0.691. The molecular weight excluding hydrogens is 248 g/mol. The first-order valence-electron chi connectivity index (χ1n) is 5.46. The summed E-state index contributed by atoms with van der Waals surface area (Å²) >= 11 is 0. The molecule has 0 radical (unpaired) electrons. The molecule has 0 aliphatic carbocycles. The smallest absolute Gasteiger partial charge is 0.269 e. The molecule has 2 aromatic rings. The van der Waals surface area contributed by atoms with Crippen LogP contribution in [0, 0.1) is 10.1 Å². The third kappa shape index (κ3) is 2.92. The van der Waals surface area contributed by atoms with E-state index in [1.807, 2.05) is 25.2 Å². The second-order valence-corrected chi connectivity index (χ2v) is 4.00. The third-order valence-corrected chi connectivity index (χ3v) is 2.32. The predicted molar refractivity (Wildman–Crippen MR) is 68.5 cm³/mol. The molecule has 19 heavy (non-hydrogen) atoms. The maximum Gasteiger partial charge on any atom is 0.269 e. The number of aromatic nitrogens is 4. The van der Waals surface area contributed by atoms with Crippen LogP contribution in [0.2, 0.25) is 0 Å². The monoisotopic (exact) mass is 260 g/mol. The fourth-order valence-electron chi connectivity index (χ4n) is 1.41. The SMILES string of the molecule is CN(C)/C=C/c1nnnn1-c1ccc([N+](=O)[O-])cc1. The fourth-order valence-corrected chi connectivity index (χ4v) is 1.41. The lowest BCUT2D eigenvalue weighted by molar-refractivity contribution is -0.384. The molecule has 2 rings (SSSR count). The van der Waals surface area contributed by atoms with Gasteiger partial charge in [-0.15, -0.1) is 5.10 Å². The van der Waals surface area contributed by atoms with Crippen molar-refractivity contribution >= 4 is 11.8 Å². The minimum atomic E-state index is -0.448. The van der Waals surface area contributed by atoms with Crippen molar-refractivity contribution in [2.45, 2.75) is 0 Å². The van der Waals surface area contributed by atoms with Crippen molar-refractivity contribution in [1.29, 1.82) is 0 Å². The van der Waals surface area contributed by atoms with Gasteiger partial charge in [0.15, 0.2) is 5.82 Å². The highest BCUT2D eigenvalue weighted by molar-refractivity contribution is 5.46. The van der Waals surface area contributed by atoms with Crippen LogP contribution in [-0.2, 0) is 0 Å². The zero-order valence-electron chi connectivity index (χ0n) is 10.5. The van der Waals surface area contributed by atoms with Crippen molar-refractivity contribution in [3.63, 3.8) is 0 Å². The molecule has 0 aliphatic rings. The van der Waals surface area contributed by atoms with E-state index < -0.39 is 4.92 Å². The minimum absolute atomic E-state index is 0.0298. The lowest BCUT2D eigenvalue weighted by Crippen LogP contribution is -2.03. The van der Waals surface area contributed by atoms with Gasteiger partial charge >= 0.3 is 0 Å². The van der Waals surface area contributed by atoms with Crippen molar-refractivity contribution in [1.82, 2.24) is 25.1 Å². The Balaban J connectivity index is 2.32. The Morgan fingerprint density at radius 2 is 2.00 bits per heavy atom. The number of hydrogen-bond acceptors (Lipinski definition) is 6. The van der Waals surface area contributed by atoms with Gasteiger partial charge < -0.3 is 4.90 Å². The third-order valence-electron chi connectivity index (χ3n) is 2.32. The fraction of sp³-hybridized carbons (Fsp3) is 0.182. The van der Waals surface area contributed by atoms with Crippen molar-refractivity contribution in [2.24, 2.45) is 0 Å². The van der Waals surface area contributed by atoms with Crippen LogP contribution >= 0.6 is 0 Å². The molecular formula is C11H12N6O2. The van der Waals surface area contributed by atoms with Gasteiger partial charge in [-0.3, -0.25) is 10.1 Å². The molecule has 98 valence electrons. The average Bonchev–Trinajstić information content (AvgIpc) is 2.84. The van der Waals surface area contributed by atoms with Crippen LogP contribution in [-0.4, -0.2) is 44.1 Å². The Labute approximate surface area is 109 Å². The highest BCUT2D eigenvalue weighted by Gasteiger charge is 2.08. The van der Waals surface area contributed by atoms with Gasteiger partial charge in [0, 0.05) is 38.5 Å². The number of non-ortho nitro benzene ring substituents is 1. The molecule has 1 heterocycles. The molecule has 0 bridgehead atoms. The van der Waals surface area contributed by atoms with E-state index in [0.717, 1.165) is 0 Å². The maximum atomic E-state index is 10.6. The molecule has 1 aromatic carbocycles. The van der Waals surface area contributed by atoms with Crippen LogP contribution in [0.3, 0.4) is 0 Å². The van der Waals surface area contributed by atoms with Gasteiger partial charge in [-0.2, -0.15) is 4.68 Å². The van der Waals surface area contributed by atoms with Crippen LogP contribution in [0.5, 0.6) is 0 Å². The largest absolute Gasteiger partial charge is 0.383 e. The molecule has 0 atom stereocenters. The molecule has 0 fully saturated rings. The van der Waals surface area contributed by atoms with Crippen LogP contribution < -0.4 is 0 Å². The molecule has 0 amide bonds. The van der Waals surface area contributed by atoms with Crippen LogP contribution in [0.25, 0.3) is 11.8 Å². The second-order valence-electron chi connectivity index (χ2n) is 4.00. The molecule has 8 heteroatoms. The molecule has 0 unspecified atom stereocenters. The number of benzene rings is 1. The number of rotatable bonds is 4. The van der Waals surface area contributed by atoms with E-state index in [1.165, 1.54) is 16.8 Å². The van der Waals surface area contributed by atoms with Gasteiger partial charge in [0.1, 0.15) is 0 Å². The van der Waals surface area contributed by atoms with Gasteiger partial charge in [-0.25, -0.2) is 0 Å². The molecule has 0 saturated carbocycles. The lowest BCUT2D eigenvalue weighted by atomic mass is 10.3. The van der Waals surface area contributed by atoms with E-state index in [9.17, 15) is 10.1 Å². The quantitative estimate of drug-likeness (QED) is 0.604. The summed E-state index contributed by atoms with van der Waals surface area (Å²) in [5, 5.41) is 21.9. The van der Waals surface area contributed by atoms with Crippen molar-refractivity contribution < 1.29 is 4.92 Å². The molecule has 0 saturated heterocycles. The molecule has 1 aromatic heterocycles. The Kier molecular flexibility index (Phi) is 3.51. The lowest BCUT2D eigenvalue weighted by Gasteiger charge is -2.04. The summed E-state index contributed by atoms with van der Waals surface area (Å²) in [6.45, 7) is 0. The summed E-state index contributed by atoms with van der Waals surface area (Å²) in [6.07, 6.45) is 3.56. The second kappa shape index (κ2) is 5.25. The van der Waals surface area contributed by atoms with Crippen LogP contribution in [0.1, 0.15) is 5.82 Å². The first-order chi connectivity index (χ1) is 9.08. The molecule has 8 nitrogen and oxygen atoms in total. The Hall–Kier alpha value is -2.77. The van der Waals surface area contributed by atoms with E-state index in [4.69, 9.17) is 0 Å². The summed E-state index contributed by atoms with van der Waals surface area (Å²) in [7, 11) is 3.77. The summed E-state index contributed by atoms with van der Waals surface area (Å²) < 4.78 is 1.50. The molecule has 0 N–H and O–H groups in total. The Bertz CT molecular complexity index is 602. The Morgan fingerprint density at radius 1 is 1.32 bits per heavy atom. The van der Waals surface area contributed by atoms with Crippen molar-refractivity contribution in [3.05, 3.63) is 46.4 Å². The van der Waals surface area contributed by atoms with E-state index in [1.54, 1.807) is 18.2 Å². The predicted octanol–water partition coefficient (Wildman–Crippen LogP) is 1.10. The first kappa shape index (κ1) is 12.7. The maximum absolute atomic E-state index is 10.6. The van der Waals surface area contributed by atoms with Gasteiger partial charge in [0.2, 0.25) is 0 Å². The number of nitro benzene ring substituents is 1. The van der Waals surface area contributed by atoms with Crippen molar-refractivity contribution in [3.8, 4) is 5.69 Å².